The van der Waals surface area contributed by atoms with Crippen molar-refractivity contribution in [1.29, 1.82) is 0 Å². The van der Waals surface area contributed by atoms with E-state index in [-0.39, 0.29) is 5.91 Å². The van der Waals surface area contributed by atoms with Crippen molar-refractivity contribution < 1.29 is 4.79 Å². The zero-order valence-corrected chi connectivity index (χ0v) is 17.3. The molecule has 28 heavy (non-hydrogen) atoms. The Morgan fingerprint density at radius 1 is 0.964 bits per heavy atom. The monoisotopic (exact) mass is 383 g/mol. The van der Waals surface area contributed by atoms with Crippen LogP contribution in [-0.4, -0.2) is 82.2 Å². The topological polar surface area (TPSA) is 44.6 Å². The summed E-state index contributed by atoms with van der Waals surface area (Å²) in [6.07, 6.45) is 3.95. The number of aromatic nitrogens is 2. The Morgan fingerprint density at radius 3 is 2.39 bits per heavy atom. The van der Waals surface area contributed by atoms with Crippen LogP contribution in [0.5, 0.6) is 0 Å². The summed E-state index contributed by atoms with van der Waals surface area (Å²) >= 11 is 0. The van der Waals surface area contributed by atoms with Crippen LogP contribution < -0.4 is 0 Å². The largest absolute Gasteiger partial charge is 0.335 e. The smallest absolute Gasteiger partial charge is 0.275 e. The average Bonchev–Trinajstić information content (AvgIpc) is 3.11. The van der Waals surface area contributed by atoms with Crippen molar-refractivity contribution in [2.45, 2.75) is 45.7 Å². The highest BCUT2D eigenvalue weighted by atomic mass is 16.2. The Balaban J connectivity index is 1.50. The quantitative estimate of drug-likeness (QED) is 0.796. The van der Waals surface area contributed by atoms with Gasteiger partial charge in [0.25, 0.3) is 5.91 Å². The van der Waals surface area contributed by atoms with Gasteiger partial charge in [0.05, 0.1) is 12.1 Å². The molecule has 2 saturated heterocycles. The third-order valence-electron chi connectivity index (χ3n) is 6.27. The number of rotatable bonds is 5. The zero-order chi connectivity index (χ0) is 19.5. The molecule has 6 nitrogen and oxygen atoms in total. The van der Waals surface area contributed by atoms with Gasteiger partial charge in [0, 0.05) is 44.2 Å². The average molecular weight is 384 g/mol. The Morgan fingerprint density at radius 2 is 1.68 bits per heavy atom. The van der Waals surface area contributed by atoms with Gasteiger partial charge in [-0.05, 0) is 45.8 Å². The molecule has 0 radical (unpaired) electrons. The molecule has 2 aliphatic rings. The van der Waals surface area contributed by atoms with Crippen LogP contribution in [-0.2, 0) is 6.54 Å². The van der Waals surface area contributed by atoms with E-state index < -0.39 is 0 Å². The maximum absolute atomic E-state index is 13.2. The fourth-order valence-corrected chi connectivity index (χ4v) is 4.47. The van der Waals surface area contributed by atoms with Crippen LogP contribution in [0.15, 0.2) is 24.3 Å². The molecule has 0 atom stereocenters. The maximum Gasteiger partial charge on any atom is 0.275 e. The van der Waals surface area contributed by atoms with Gasteiger partial charge in [0.1, 0.15) is 0 Å². The van der Waals surface area contributed by atoms with E-state index in [4.69, 9.17) is 5.10 Å². The lowest BCUT2D eigenvalue weighted by Crippen LogP contribution is -2.50. The van der Waals surface area contributed by atoms with Crippen molar-refractivity contribution in [2.24, 2.45) is 0 Å². The first kappa shape index (κ1) is 19.4. The number of benzene rings is 1. The second kappa shape index (κ2) is 8.62. The minimum atomic E-state index is 0.0799. The van der Waals surface area contributed by atoms with Crippen LogP contribution in [0.4, 0.5) is 0 Å². The number of carbonyl (C=O) groups excluding carboxylic acids is 1. The number of hydrogen-bond donors (Lipinski definition) is 0. The summed E-state index contributed by atoms with van der Waals surface area (Å²) in [5.74, 6) is 0.0799. The van der Waals surface area contributed by atoms with Crippen LogP contribution in [0.2, 0.25) is 0 Å². The SMILES string of the molecule is CC(C)N1CCN(C(=O)c2nn(CCN3CCCCC3)c3ccccc23)CC1. The highest BCUT2D eigenvalue weighted by Crippen LogP contribution is 2.21. The molecular formula is C22H33N5O. The zero-order valence-electron chi connectivity index (χ0n) is 17.3. The van der Waals surface area contributed by atoms with Gasteiger partial charge < -0.3 is 9.80 Å². The van der Waals surface area contributed by atoms with Crippen molar-refractivity contribution in [3.05, 3.63) is 30.0 Å². The number of nitrogens with zero attached hydrogens (tertiary/aromatic N) is 5. The van der Waals surface area contributed by atoms with Gasteiger partial charge in [0.15, 0.2) is 5.69 Å². The van der Waals surface area contributed by atoms with Crippen LogP contribution in [0, 0.1) is 0 Å². The van der Waals surface area contributed by atoms with E-state index in [0.717, 1.165) is 50.2 Å². The lowest BCUT2D eigenvalue weighted by molar-refractivity contribution is 0.0590. The Hall–Kier alpha value is -1.92. The molecule has 2 aliphatic heterocycles. The lowest BCUT2D eigenvalue weighted by Gasteiger charge is -2.36. The second-order valence-corrected chi connectivity index (χ2v) is 8.41. The van der Waals surface area contributed by atoms with E-state index in [1.54, 1.807) is 0 Å². The predicted molar refractivity (Wildman–Crippen MR) is 113 cm³/mol. The molecule has 152 valence electrons. The van der Waals surface area contributed by atoms with Gasteiger partial charge in [0.2, 0.25) is 0 Å². The van der Waals surface area contributed by atoms with Gasteiger partial charge in [-0.25, -0.2) is 0 Å². The van der Waals surface area contributed by atoms with E-state index in [0.29, 0.717) is 11.7 Å². The number of para-hydroxylation sites is 1. The summed E-state index contributed by atoms with van der Waals surface area (Å²) in [5, 5.41) is 5.77. The maximum atomic E-state index is 13.2. The molecule has 0 saturated carbocycles. The molecule has 2 fully saturated rings. The summed E-state index contributed by atoms with van der Waals surface area (Å²) < 4.78 is 2.04. The van der Waals surface area contributed by atoms with Crippen LogP contribution >= 0.6 is 0 Å². The highest BCUT2D eigenvalue weighted by molar-refractivity contribution is 6.04. The second-order valence-electron chi connectivity index (χ2n) is 8.41. The van der Waals surface area contributed by atoms with Crippen molar-refractivity contribution in [3.8, 4) is 0 Å². The van der Waals surface area contributed by atoms with E-state index in [9.17, 15) is 4.79 Å². The normalized spacial score (nSPS) is 19.6. The van der Waals surface area contributed by atoms with Gasteiger partial charge in [-0.1, -0.05) is 24.6 Å². The van der Waals surface area contributed by atoms with Crippen molar-refractivity contribution in [3.63, 3.8) is 0 Å². The number of carbonyl (C=O) groups is 1. The Bertz CT molecular complexity index is 800. The molecular weight excluding hydrogens is 350 g/mol. The van der Waals surface area contributed by atoms with Crippen molar-refractivity contribution >= 4 is 16.8 Å². The van der Waals surface area contributed by atoms with E-state index in [1.165, 1.54) is 32.4 Å². The fraction of sp³-hybridized carbons (Fsp3) is 0.636. The van der Waals surface area contributed by atoms with Crippen LogP contribution in [0.1, 0.15) is 43.6 Å². The van der Waals surface area contributed by atoms with Crippen LogP contribution in [0.3, 0.4) is 0 Å². The molecule has 0 aliphatic carbocycles. The standard InChI is InChI=1S/C22H33N5O/c1-18(2)25-13-15-26(16-14-25)22(28)21-19-8-4-5-9-20(19)27(23-21)17-12-24-10-6-3-7-11-24/h4-5,8-9,18H,3,6-7,10-17H2,1-2H3. The van der Waals surface area contributed by atoms with E-state index >= 15 is 0 Å². The molecule has 1 amide bonds. The van der Waals surface area contributed by atoms with Crippen molar-refractivity contribution in [1.82, 2.24) is 24.5 Å². The number of hydrogen-bond acceptors (Lipinski definition) is 4. The van der Waals surface area contributed by atoms with E-state index in [1.807, 2.05) is 27.8 Å². The molecule has 3 heterocycles. The summed E-state index contributed by atoms with van der Waals surface area (Å²) in [5.41, 5.74) is 1.69. The summed E-state index contributed by atoms with van der Waals surface area (Å²) in [6.45, 7) is 12.1. The number of piperazine rings is 1. The molecule has 0 N–H and O–H groups in total. The Kier molecular flexibility index (Phi) is 5.97. The highest BCUT2D eigenvalue weighted by Gasteiger charge is 2.27. The summed E-state index contributed by atoms with van der Waals surface area (Å²) in [7, 11) is 0. The first-order chi connectivity index (χ1) is 13.6. The number of amides is 1. The van der Waals surface area contributed by atoms with Crippen molar-refractivity contribution in [2.75, 3.05) is 45.8 Å². The minimum Gasteiger partial charge on any atom is -0.335 e. The van der Waals surface area contributed by atoms with Gasteiger partial charge in [-0.2, -0.15) is 5.10 Å². The molecule has 0 unspecified atom stereocenters. The van der Waals surface area contributed by atoms with Gasteiger partial charge in [-0.3, -0.25) is 14.4 Å². The molecule has 1 aromatic heterocycles. The molecule has 4 rings (SSSR count). The third kappa shape index (κ3) is 4.08. The van der Waals surface area contributed by atoms with Gasteiger partial charge >= 0.3 is 0 Å². The van der Waals surface area contributed by atoms with Gasteiger partial charge in [-0.15, -0.1) is 0 Å². The third-order valence-corrected chi connectivity index (χ3v) is 6.27. The van der Waals surface area contributed by atoms with E-state index in [2.05, 4.69) is 29.7 Å². The molecule has 0 bridgehead atoms. The fourth-order valence-electron chi connectivity index (χ4n) is 4.47. The molecule has 1 aromatic carbocycles. The Labute approximate surface area is 168 Å². The molecule has 0 spiro atoms. The lowest BCUT2D eigenvalue weighted by atomic mass is 10.1. The summed E-state index contributed by atoms with van der Waals surface area (Å²) in [4.78, 5) is 20.2. The van der Waals surface area contributed by atoms with Crippen LogP contribution in [0.25, 0.3) is 10.9 Å². The minimum absolute atomic E-state index is 0.0799. The summed E-state index contributed by atoms with van der Waals surface area (Å²) in [6, 6.07) is 8.71. The number of likely N-dealkylation sites (tertiary alicyclic amines) is 1. The molecule has 2 aromatic rings. The first-order valence-electron chi connectivity index (χ1n) is 10.8. The molecule has 6 heteroatoms. The predicted octanol–water partition coefficient (Wildman–Crippen LogP) is 2.69. The first-order valence-corrected chi connectivity index (χ1v) is 10.8. The number of fused-ring (bicyclic) bond motifs is 1. The number of piperidine rings is 1.